The molecule has 178 valence electrons. The van der Waals surface area contributed by atoms with Crippen LogP contribution in [0.1, 0.15) is 36.2 Å². The maximum Gasteiger partial charge on any atom is 0.416 e. The van der Waals surface area contributed by atoms with Crippen molar-refractivity contribution in [3.63, 3.8) is 0 Å². The normalized spacial score (nSPS) is 13.3. The number of benzene rings is 2. The Labute approximate surface area is 191 Å². The Balaban J connectivity index is 0.000000868. The van der Waals surface area contributed by atoms with Crippen molar-refractivity contribution in [2.24, 2.45) is 0 Å². The van der Waals surface area contributed by atoms with Gasteiger partial charge in [-0.15, -0.1) is 0 Å². The fraction of sp³-hybridized carbons (Fsp3) is 0.261. The quantitative estimate of drug-likeness (QED) is 0.388. The van der Waals surface area contributed by atoms with Crippen LogP contribution in [0.15, 0.2) is 42.9 Å². The number of ether oxygens (including phenoxy) is 1. The summed E-state index contributed by atoms with van der Waals surface area (Å²) < 4.78 is 60.7. The molecule has 34 heavy (non-hydrogen) atoms. The van der Waals surface area contributed by atoms with Gasteiger partial charge in [0.15, 0.2) is 0 Å². The second kappa shape index (κ2) is 8.81. The Hall–Kier alpha value is -3.89. The minimum absolute atomic E-state index is 0.0287. The van der Waals surface area contributed by atoms with Crippen LogP contribution in [0, 0.1) is 5.82 Å². The number of nitrogens with zero attached hydrogens (tertiary/aromatic N) is 4. The standard InChI is InChI=1S/C20H13F4N5O2.C3H8/c21-12-7-13-15(29-9-26-8-16(29)18(25)27-13)6-11(12)19(30)28-3-4-31-17-5-10(20(22,23)24)1-2-14(17)28;1-3-2/h1-2,5-9H,3-4H2,(H2,25,27);3H2,1-2H3. The maximum atomic E-state index is 14.8. The molecule has 0 bridgehead atoms. The van der Waals surface area contributed by atoms with Crippen LogP contribution in [0.2, 0.25) is 0 Å². The average molecular weight is 475 g/mol. The van der Waals surface area contributed by atoms with E-state index in [2.05, 4.69) is 23.8 Å². The Bertz CT molecular complexity index is 1380. The van der Waals surface area contributed by atoms with Gasteiger partial charge in [0, 0.05) is 6.07 Å². The van der Waals surface area contributed by atoms with Crippen molar-refractivity contribution in [3.05, 3.63) is 59.8 Å². The van der Waals surface area contributed by atoms with E-state index in [-0.39, 0.29) is 41.5 Å². The first-order chi connectivity index (χ1) is 16.2. The topological polar surface area (TPSA) is 85.8 Å². The lowest BCUT2D eigenvalue weighted by Gasteiger charge is -2.30. The number of hydrogen-bond acceptors (Lipinski definition) is 5. The minimum Gasteiger partial charge on any atom is -0.490 e. The van der Waals surface area contributed by atoms with Gasteiger partial charge in [-0.1, -0.05) is 20.3 Å². The number of carbonyl (C=O) groups excluding carboxylic acids is 1. The first kappa shape index (κ1) is 23.3. The number of aromatic nitrogens is 3. The Morgan fingerprint density at radius 2 is 1.91 bits per heavy atom. The van der Waals surface area contributed by atoms with Gasteiger partial charge in [0.2, 0.25) is 0 Å². The van der Waals surface area contributed by atoms with Crippen molar-refractivity contribution < 1.29 is 27.1 Å². The minimum atomic E-state index is -4.56. The van der Waals surface area contributed by atoms with Gasteiger partial charge in [0.25, 0.3) is 5.91 Å². The molecule has 0 saturated heterocycles. The van der Waals surface area contributed by atoms with Crippen molar-refractivity contribution in [3.8, 4) is 5.75 Å². The van der Waals surface area contributed by atoms with E-state index in [0.29, 0.717) is 11.0 Å². The number of carbonyl (C=O) groups is 1. The fourth-order valence-electron chi connectivity index (χ4n) is 3.61. The molecule has 0 fully saturated rings. The predicted octanol–water partition coefficient (Wildman–Crippen LogP) is 5.08. The van der Waals surface area contributed by atoms with Crippen molar-refractivity contribution in [2.75, 3.05) is 23.8 Å². The molecule has 0 spiro atoms. The van der Waals surface area contributed by atoms with Gasteiger partial charge in [-0.3, -0.25) is 9.20 Å². The van der Waals surface area contributed by atoms with Crippen LogP contribution in [-0.4, -0.2) is 33.4 Å². The number of alkyl halides is 3. The molecule has 0 aliphatic carbocycles. The first-order valence-electron chi connectivity index (χ1n) is 10.5. The van der Waals surface area contributed by atoms with Gasteiger partial charge in [0.05, 0.1) is 46.9 Å². The Kier molecular flexibility index (Phi) is 6.03. The third-order valence-corrected chi connectivity index (χ3v) is 5.09. The smallest absolute Gasteiger partial charge is 0.416 e. The summed E-state index contributed by atoms with van der Waals surface area (Å²) in [6.45, 7) is 4.27. The summed E-state index contributed by atoms with van der Waals surface area (Å²) in [5, 5.41) is 0. The molecule has 0 saturated carbocycles. The van der Waals surface area contributed by atoms with Crippen molar-refractivity contribution in [1.82, 2.24) is 14.4 Å². The van der Waals surface area contributed by atoms with Crippen molar-refractivity contribution >= 4 is 34.0 Å². The summed E-state index contributed by atoms with van der Waals surface area (Å²) in [7, 11) is 0. The molecule has 2 aromatic carbocycles. The average Bonchev–Trinajstić information content (AvgIpc) is 3.28. The predicted molar refractivity (Wildman–Crippen MR) is 119 cm³/mol. The SMILES string of the molecule is CCC.Nc1nc2cc(F)c(C(=O)N3CCOc4cc(C(F)(F)F)ccc43)cc2n2cncc12. The molecule has 1 amide bonds. The molecule has 4 aromatic rings. The molecule has 0 radical (unpaired) electrons. The molecule has 3 heterocycles. The van der Waals surface area contributed by atoms with Gasteiger partial charge in [-0.05, 0) is 24.3 Å². The zero-order valence-corrected chi connectivity index (χ0v) is 18.4. The van der Waals surface area contributed by atoms with Crippen molar-refractivity contribution in [1.29, 1.82) is 0 Å². The van der Waals surface area contributed by atoms with E-state index in [1.54, 1.807) is 4.40 Å². The lowest BCUT2D eigenvalue weighted by Crippen LogP contribution is -2.38. The lowest BCUT2D eigenvalue weighted by atomic mass is 10.1. The van der Waals surface area contributed by atoms with Gasteiger partial charge in [0.1, 0.15) is 29.5 Å². The molecular formula is C23H21F4N5O2. The second-order valence-corrected chi connectivity index (χ2v) is 7.66. The van der Waals surface area contributed by atoms with Crippen molar-refractivity contribution in [2.45, 2.75) is 26.4 Å². The number of nitrogens with two attached hydrogens (primary N) is 1. The number of amides is 1. The van der Waals surface area contributed by atoms with Gasteiger partial charge >= 0.3 is 6.18 Å². The second-order valence-electron chi connectivity index (χ2n) is 7.66. The van der Waals surface area contributed by atoms with E-state index < -0.39 is 23.5 Å². The summed E-state index contributed by atoms with van der Waals surface area (Å²) in [4.78, 5) is 22.5. The molecule has 1 aliphatic rings. The molecule has 7 nitrogen and oxygen atoms in total. The fourth-order valence-corrected chi connectivity index (χ4v) is 3.61. The number of imidazole rings is 1. The zero-order chi connectivity index (χ0) is 24.6. The lowest BCUT2D eigenvalue weighted by molar-refractivity contribution is -0.137. The number of rotatable bonds is 1. The summed E-state index contributed by atoms with van der Waals surface area (Å²) >= 11 is 0. The molecule has 0 unspecified atom stereocenters. The van der Waals surface area contributed by atoms with E-state index >= 15 is 0 Å². The largest absolute Gasteiger partial charge is 0.490 e. The van der Waals surface area contributed by atoms with Gasteiger partial charge < -0.3 is 15.4 Å². The number of anilines is 2. The molecular weight excluding hydrogens is 454 g/mol. The third-order valence-electron chi connectivity index (χ3n) is 5.09. The van der Waals surface area contributed by atoms with E-state index in [4.69, 9.17) is 10.5 Å². The Morgan fingerprint density at radius 3 is 2.62 bits per heavy atom. The maximum absolute atomic E-state index is 14.8. The van der Waals surface area contributed by atoms with Gasteiger partial charge in [-0.25, -0.2) is 14.4 Å². The van der Waals surface area contributed by atoms with Crippen LogP contribution in [0.5, 0.6) is 5.75 Å². The summed E-state index contributed by atoms with van der Waals surface area (Å²) in [5.74, 6) is -1.48. The first-order valence-corrected chi connectivity index (χ1v) is 10.5. The number of fused-ring (bicyclic) bond motifs is 4. The highest BCUT2D eigenvalue weighted by Gasteiger charge is 2.34. The van der Waals surface area contributed by atoms with E-state index in [1.807, 2.05) is 0 Å². The highest BCUT2D eigenvalue weighted by atomic mass is 19.4. The molecule has 1 aliphatic heterocycles. The van der Waals surface area contributed by atoms with E-state index in [9.17, 15) is 22.4 Å². The highest BCUT2D eigenvalue weighted by Crippen LogP contribution is 2.39. The van der Waals surface area contributed by atoms with E-state index in [0.717, 1.165) is 24.3 Å². The molecule has 2 N–H and O–H groups in total. The molecule has 2 aromatic heterocycles. The van der Waals surface area contributed by atoms with Crippen LogP contribution in [0.25, 0.3) is 16.6 Å². The van der Waals surface area contributed by atoms with Gasteiger partial charge in [-0.2, -0.15) is 13.2 Å². The third kappa shape index (κ3) is 4.09. The van der Waals surface area contributed by atoms with Crippen LogP contribution in [0.4, 0.5) is 29.1 Å². The van der Waals surface area contributed by atoms with Crippen LogP contribution < -0.4 is 15.4 Å². The zero-order valence-electron chi connectivity index (χ0n) is 18.4. The summed E-state index contributed by atoms with van der Waals surface area (Å²) in [6.07, 6.45) is -0.353. The summed E-state index contributed by atoms with van der Waals surface area (Å²) in [5.41, 5.74) is 5.97. The number of hydrogen-bond donors (Lipinski definition) is 1. The number of halogens is 4. The monoisotopic (exact) mass is 475 g/mol. The molecule has 11 heteroatoms. The van der Waals surface area contributed by atoms with Crippen LogP contribution in [0.3, 0.4) is 0 Å². The van der Waals surface area contributed by atoms with Crippen LogP contribution >= 0.6 is 0 Å². The van der Waals surface area contributed by atoms with Crippen LogP contribution in [-0.2, 0) is 6.18 Å². The summed E-state index contributed by atoms with van der Waals surface area (Å²) in [6, 6.07) is 5.24. The Morgan fingerprint density at radius 1 is 1.18 bits per heavy atom. The number of nitrogen functional groups attached to an aromatic ring is 1. The highest BCUT2D eigenvalue weighted by molar-refractivity contribution is 6.09. The molecule has 5 rings (SSSR count). The molecule has 0 atom stereocenters. The van der Waals surface area contributed by atoms with E-state index in [1.165, 1.54) is 29.9 Å².